The summed E-state index contributed by atoms with van der Waals surface area (Å²) in [5.41, 5.74) is 11.7. The van der Waals surface area contributed by atoms with Crippen molar-refractivity contribution in [3.8, 4) is 11.5 Å². The number of benzene rings is 1. The average molecular weight is 224 g/mol. The molecule has 16 heavy (non-hydrogen) atoms. The molecule has 0 spiro atoms. The number of primary amides is 1. The number of carbonyl (C=O) groups excluding carboxylic acids is 1. The largest absolute Gasteiger partial charge is 0.493 e. The number of nitrogens with two attached hydrogens (primary N) is 2. The first-order valence-corrected chi connectivity index (χ1v) is 4.84. The highest BCUT2D eigenvalue weighted by atomic mass is 16.5. The van der Waals surface area contributed by atoms with Crippen molar-refractivity contribution in [3.63, 3.8) is 0 Å². The molecule has 5 nitrogen and oxygen atoms in total. The molecule has 88 valence electrons. The van der Waals surface area contributed by atoms with E-state index in [9.17, 15) is 4.79 Å². The SMILES string of the molecule is COc1ccc([C@H](N)CC(N)=O)cc1OC. The maximum absolute atomic E-state index is 10.7. The zero-order valence-corrected chi connectivity index (χ0v) is 9.40. The van der Waals surface area contributed by atoms with Crippen LogP contribution < -0.4 is 20.9 Å². The van der Waals surface area contributed by atoms with Gasteiger partial charge < -0.3 is 20.9 Å². The van der Waals surface area contributed by atoms with Crippen LogP contribution in [0.2, 0.25) is 0 Å². The highest BCUT2D eigenvalue weighted by Crippen LogP contribution is 2.29. The number of methoxy groups -OCH3 is 2. The Kier molecular flexibility index (Phi) is 4.13. The van der Waals surface area contributed by atoms with Gasteiger partial charge in [0.15, 0.2) is 11.5 Å². The van der Waals surface area contributed by atoms with Crippen molar-refractivity contribution in [1.29, 1.82) is 0 Å². The van der Waals surface area contributed by atoms with Crippen molar-refractivity contribution in [2.45, 2.75) is 12.5 Å². The molecule has 0 radical (unpaired) electrons. The Morgan fingerprint density at radius 1 is 1.31 bits per heavy atom. The molecule has 0 saturated heterocycles. The predicted molar refractivity (Wildman–Crippen MR) is 60.3 cm³/mol. The minimum atomic E-state index is -0.428. The van der Waals surface area contributed by atoms with Crippen molar-refractivity contribution >= 4 is 5.91 Å². The van der Waals surface area contributed by atoms with Crippen molar-refractivity contribution in [2.24, 2.45) is 11.5 Å². The van der Waals surface area contributed by atoms with Crippen molar-refractivity contribution in [1.82, 2.24) is 0 Å². The van der Waals surface area contributed by atoms with Crippen LogP contribution in [0.1, 0.15) is 18.0 Å². The summed E-state index contributed by atoms with van der Waals surface area (Å²) in [4.78, 5) is 10.7. The molecule has 0 aliphatic carbocycles. The van der Waals surface area contributed by atoms with E-state index in [1.54, 1.807) is 32.4 Å². The Morgan fingerprint density at radius 3 is 2.44 bits per heavy atom. The van der Waals surface area contributed by atoms with Crippen LogP contribution in [0.4, 0.5) is 0 Å². The molecular weight excluding hydrogens is 208 g/mol. The third-order valence-electron chi connectivity index (χ3n) is 2.26. The molecule has 1 aromatic rings. The van der Waals surface area contributed by atoms with Crippen LogP contribution >= 0.6 is 0 Å². The van der Waals surface area contributed by atoms with Gasteiger partial charge in [-0.05, 0) is 17.7 Å². The number of amides is 1. The van der Waals surface area contributed by atoms with Gasteiger partial charge in [0, 0.05) is 12.5 Å². The van der Waals surface area contributed by atoms with Gasteiger partial charge in [0.25, 0.3) is 0 Å². The molecule has 0 aliphatic rings. The minimum absolute atomic E-state index is 0.107. The Morgan fingerprint density at radius 2 is 1.94 bits per heavy atom. The highest BCUT2D eigenvalue weighted by molar-refractivity contribution is 5.74. The van der Waals surface area contributed by atoms with E-state index < -0.39 is 11.9 Å². The average Bonchev–Trinajstić information content (AvgIpc) is 2.27. The van der Waals surface area contributed by atoms with Crippen molar-refractivity contribution in [2.75, 3.05) is 14.2 Å². The molecule has 1 aromatic carbocycles. The zero-order valence-electron chi connectivity index (χ0n) is 9.40. The van der Waals surface area contributed by atoms with Crippen LogP contribution in [-0.2, 0) is 4.79 Å². The van der Waals surface area contributed by atoms with Gasteiger partial charge in [-0.2, -0.15) is 0 Å². The summed E-state index contributed by atoms with van der Waals surface area (Å²) in [6.45, 7) is 0. The molecular formula is C11H16N2O3. The van der Waals surface area contributed by atoms with E-state index >= 15 is 0 Å². The summed E-state index contributed by atoms with van der Waals surface area (Å²) in [7, 11) is 3.10. The van der Waals surface area contributed by atoms with E-state index in [4.69, 9.17) is 20.9 Å². The van der Waals surface area contributed by atoms with Gasteiger partial charge in [0.05, 0.1) is 14.2 Å². The second-order valence-electron chi connectivity index (χ2n) is 3.39. The van der Waals surface area contributed by atoms with Crippen LogP contribution in [-0.4, -0.2) is 20.1 Å². The number of hydrogen-bond donors (Lipinski definition) is 2. The van der Waals surface area contributed by atoms with Gasteiger partial charge in [-0.25, -0.2) is 0 Å². The van der Waals surface area contributed by atoms with Gasteiger partial charge in [-0.1, -0.05) is 6.07 Å². The van der Waals surface area contributed by atoms with E-state index in [0.717, 1.165) is 5.56 Å². The summed E-state index contributed by atoms with van der Waals surface area (Å²) in [6, 6.07) is 4.86. The van der Waals surface area contributed by atoms with Gasteiger partial charge >= 0.3 is 0 Å². The van der Waals surface area contributed by atoms with Gasteiger partial charge in [0.2, 0.25) is 5.91 Å². The van der Waals surface area contributed by atoms with Crippen molar-refractivity contribution < 1.29 is 14.3 Å². The monoisotopic (exact) mass is 224 g/mol. The lowest BCUT2D eigenvalue weighted by atomic mass is 10.0. The molecule has 0 unspecified atom stereocenters. The lowest BCUT2D eigenvalue weighted by Gasteiger charge is -2.13. The van der Waals surface area contributed by atoms with Gasteiger partial charge in [-0.3, -0.25) is 4.79 Å². The summed E-state index contributed by atoms with van der Waals surface area (Å²) in [5, 5.41) is 0. The van der Waals surface area contributed by atoms with E-state index in [-0.39, 0.29) is 6.42 Å². The first-order chi connectivity index (χ1) is 7.58. The number of hydrogen-bond acceptors (Lipinski definition) is 4. The van der Waals surface area contributed by atoms with Crippen LogP contribution in [0.5, 0.6) is 11.5 Å². The van der Waals surface area contributed by atoms with Crippen molar-refractivity contribution in [3.05, 3.63) is 23.8 Å². The first kappa shape index (κ1) is 12.3. The zero-order chi connectivity index (χ0) is 12.1. The van der Waals surface area contributed by atoms with Crippen LogP contribution in [0.15, 0.2) is 18.2 Å². The Balaban J connectivity index is 2.93. The molecule has 0 aliphatic heterocycles. The van der Waals surface area contributed by atoms with E-state index in [2.05, 4.69) is 0 Å². The second-order valence-corrected chi connectivity index (χ2v) is 3.39. The lowest BCUT2D eigenvalue weighted by molar-refractivity contribution is -0.118. The topological polar surface area (TPSA) is 87.6 Å². The van der Waals surface area contributed by atoms with Crippen LogP contribution in [0.3, 0.4) is 0 Å². The number of rotatable bonds is 5. The summed E-state index contributed by atoms with van der Waals surface area (Å²) in [6.07, 6.45) is 0.107. The molecule has 0 saturated carbocycles. The maximum Gasteiger partial charge on any atom is 0.219 e. The molecule has 0 fully saturated rings. The Hall–Kier alpha value is -1.75. The van der Waals surface area contributed by atoms with E-state index in [0.29, 0.717) is 11.5 Å². The third kappa shape index (κ3) is 2.87. The fourth-order valence-corrected chi connectivity index (χ4v) is 1.42. The molecule has 5 heteroatoms. The quantitative estimate of drug-likeness (QED) is 0.765. The highest BCUT2D eigenvalue weighted by Gasteiger charge is 2.12. The van der Waals surface area contributed by atoms with Crippen LogP contribution in [0.25, 0.3) is 0 Å². The Labute approximate surface area is 94.3 Å². The summed E-state index contributed by atoms with van der Waals surface area (Å²) < 4.78 is 10.2. The number of carbonyl (C=O) groups is 1. The molecule has 4 N–H and O–H groups in total. The lowest BCUT2D eigenvalue weighted by Crippen LogP contribution is -2.20. The van der Waals surface area contributed by atoms with E-state index in [1.807, 2.05) is 0 Å². The first-order valence-electron chi connectivity index (χ1n) is 4.84. The van der Waals surface area contributed by atoms with Gasteiger partial charge in [-0.15, -0.1) is 0 Å². The van der Waals surface area contributed by atoms with E-state index in [1.165, 1.54) is 0 Å². The molecule has 1 atom stereocenters. The summed E-state index contributed by atoms with van der Waals surface area (Å²) in [5.74, 6) is 0.778. The molecule has 1 amide bonds. The Bertz CT molecular complexity index is 379. The minimum Gasteiger partial charge on any atom is -0.493 e. The fraction of sp³-hybridized carbons (Fsp3) is 0.364. The number of ether oxygens (including phenoxy) is 2. The molecule has 0 bridgehead atoms. The normalized spacial score (nSPS) is 11.9. The second kappa shape index (κ2) is 5.37. The molecule has 0 heterocycles. The third-order valence-corrected chi connectivity index (χ3v) is 2.26. The summed E-state index contributed by atoms with van der Waals surface area (Å²) >= 11 is 0. The fourth-order valence-electron chi connectivity index (χ4n) is 1.42. The maximum atomic E-state index is 10.7. The predicted octanol–water partition coefficient (Wildman–Crippen LogP) is 0.579. The molecule has 0 aromatic heterocycles. The molecule has 1 rings (SSSR count). The van der Waals surface area contributed by atoms with Gasteiger partial charge in [0.1, 0.15) is 0 Å². The standard InChI is InChI=1S/C11H16N2O3/c1-15-9-4-3-7(5-10(9)16-2)8(12)6-11(13)14/h3-5,8H,6,12H2,1-2H3,(H2,13,14)/t8-/m1/s1. The smallest absolute Gasteiger partial charge is 0.219 e. The van der Waals surface area contributed by atoms with Crippen LogP contribution in [0, 0.1) is 0 Å².